The summed E-state index contributed by atoms with van der Waals surface area (Å²) in [6.07, 6.45) is 3.56. The number of rotatable bonds is 2. The lowest BCUT2D eigenvalue weighted by molar-refractivity contribution is 0.407. The number of hydrogen-bond acceptors (Lipinski definition) is 2. The third-order valence-electron chi connectivity index (χ3n) is 2.58. The largest absolute Gasteiger partial charge is 0.298 e. The molecule has 68 valence electrons. The Hall–Kier alpha value is -1.50. The first-order valence-electron chi connectivity index (χ1n) is 4.48. The van der Waals surface area contributed by atoms with Crippen LogP contribution >= 0.6 is 0 Å². The van der Waals surface area contributed by atoms with E-state index in [9.17, 15) is 4.79 Å². The van der Waals surface area contributed by atoms with Crippen LogP contribution in [-0.4, -0.2) is 9.78 Å². The van der Waals surface area contributed by atoms with E-state index in [1.807, 2.05) is 6.07 Å². The number of aromatic amines is 1. The van der Waals surface area contributed by atoms with E-state index in [1.54, 1.807) is 6.07 Å². The van der Waals surface area contributed by atoms with Crippen molar-refractivity contribution in [1.82, 2.24) is 9.78 Å². The van der Waals surface area contributed by atoms with Gasteiger partial charge in [-0.15, -0.1) is 0 Å². The van der Waals surface area contributed by atoms with Gasteiger partial charge in [0.1, 0.15) is 6.54 Å². The van der Waals surface area contributed by atoms with Gasteiger partial charge < -0.3 is 0 Å². The topological polar surface area (TPSA) is 61.6 Å². The Balaban J connectivity index is 2.25. The summed E-state index contributed by atoms with van der Waals surface area (Å²) in [4.78, 5) is 11.3. The summed E-state index contributed by atoms with van der Waals surface area (Å²) < 4.78 is 1.35. The Kier molecular flexibility index (Phi) is 1.93. The molecule has 0 aliphatic heterocycles. The lowest BCUT2D eigenvalue weighted by Gasteiger charge is -2.23. The van der Waals surface area contributed by atoms with Gasteiger partial charge in [-0.25, -0.2) is 4.68 Å². The van der Waals surface area contributed by atoms with Crippen molar-refractivity contribution in [1.29, 1.82) is 5.26 Å². The van der Waals surface area contributed by atoms with E-state index < -0.39 is 0 Å². The molecule has 0 saturated heterocycles. The van der Waals surface area contributed by atoms with E-state index in [1.165, 1.54) is 11.1 Å². The number of nitrogens with one attached hydrogen (secondary N) is 1. The molecular weight excluding hydrogens is 166 g/mol. The molecule has 0 bridgehead atoms. The summed E-state index contributed by atoms with van der Waals surface area (Å²) in [5.41, 5.74) is 0.898. The van der Waals surface area contributed by atoms with Gasteiger partial charge in [0.2, 0.25) is 0 Å². The second-order valence-electron chi connectivity index (χ2n) is 3.42. The Bertz CT molecular complexity index is 392. The minimum Gasteiger partial charge on any atom is -0.298 e. The molecule has 0 unspecified atom stereocenters. The highest BCUT2D eigenvalue weighted by Gasteiger charge is 2.21. The minimum absolute atomic E-state index is 0.0940. The molecule has 4 nitrogen and oxygen atoms in total. The Morgan fingerprint density at radius 3 is 3.00 bits per heavy atom. The number of nitriles is 1. The average molecular weight is 177 g/mol. The molecule has 1 N–H and O–H groups in total. The first kappa shape index (κ1) is 8.11. The van der Waals surface area contributed by atoms with Crippen LogP contribution < -0.4 is 5.56 Å². The van der Waals surface area contributed by atoms with Crippen molar-refractivity contribution in [3.8, 4) is 6.07 Å². The maximum Gasteiger partial charge on any atom is 0.267 e. The van der Waals surface area contributed by atoms with E-state index in [0.717, 1.165) is 18.5 Å². The van der Waals surface area contributed by atoms with Crippen molar-refractivity contribution in [2.45, 2.75) is 31.7 Å². The van der Waals surface area contributed by atoms with E-state index in [-0.39, 0.29) is 12.1 Å². The Labute approximate surface area is 75.8 Å². The molecule has 4 heteroatoms. The summed E-state index contributed by atoms with van der Waals surface area (Å²) in [6, 6.07) is 3.56. The molecule has 1 aliphatic carbocycles. The van der Waals surface area contributed by atoms with E-state index in [2.05, 4.69) is 5.10 Å². The average Bonchev–Trinajstić information content (AvgIpc) is 2.30. The lowest BCUT2D eigenvalue weighted by Crippen LogP contribution is -2.14. The van der Waals surface area contributed by atoms with Gasteiger partial charge in [0.05, 0.1) is 6.07 Å². The maximum atomic E-state index is 11.3. The smallest absolute Gasteiger partial charge is 0.267 e. The van der Waals surface area contributed by atoms with Crippen LogP contribution in [0.5, 0.6) is 0 Å². The molecule has 1 fully saturated rings. The predicted molar refractivity (Wildman–Crippen MR) is 47.3 cm³/mol. The van der Waals surface area contributed by atoms with Crippen LogP contribution in [0.1, 0.15) is 30.9 Å². The van der Waals surface area contributed by atoms with Crippen LogP contribution in [0.15, 0.2) is 10.9 Å². The van der Waals surface area contributed by atoms with Crippen molar-refractivity contribution in [2.75, 3.05) is 0 Å². The van der Waals surface area contributed by atoms with Crippen molar-refractivity contribution < 1.29 is 0 Å². The Morgan fingerprint density at radius 1 is 1.69 bits per heavy atom. The second kappa shape index (κ2) is 3.09. The molecule has 1 heterocycles. The van der Waals surface area contributed by atoms with E-state index in [0.29, 0.717) is 5.92 Å². The predicted octanol–water partition coefficient (Wildman–Crippen LogP) is 0.967. The molecule has 13 heavy (non-hydrogen) atoms. The summed E-state index contributed by atoms with van der Waals surface area (Å²) in [6.45, 7) is 0.117. The molecule has 0 aromatic carbocycles. The fraction of sp³-hybridized carbons (Fsp3) is 0.556. The zero-order valence-electron chi connectivity index (χ0n) is 7.29. The SMILES string of the molecule is N#CCn1[nH]c(C2CCC2)cc1=O. The fourth-order valence-corrected chi connectivity index (χ4v) is 1.57. The van der Waals surface area contributed by atoms with Gasteiger partial charge in [-0.05, 0) is 12.8 Å². The molecule has 1 aromatic rings. The van der Waals surface area contributed by atoms with Gasteiger partial charge >= 0.3 is 0 Å². The van der Waals surface area contributed by atoms with Gasteiger partial charge in [-0.2, -0.15) is 5.26 Å². The molecule has 0 amide bonds. The molecule has 0 radical (unpaired) electrons. The van der Waals surface area contributed by atoms with Gasteiger partial charge in [0.15, 0.2) is 0 Å². The number of aromatic nitrogens is 2. The molecular formula is C9H11N3O. The zero-order chi connectivity index (χ0) is 9.26. The standard InChI is InChI=1S/C9H11N3O/c10-4-5-12-9(13)6-8(11-12)7-2-1-3-7/h6-7,11H,1-3,5H2. The third-order valence-corrected chi connectivity index (χ3v) is 2.58. The first-order chi connectivity index (χ1) is 6.31. The van der Waals surface area contributed by atoms with Crippen molar-refractivity contribution in [3.05, 3.63) is 22.1 Å². The highest BCUT2D eigenvalue weighted by Crippen LogP contribution is 2.34. The van der Waals surface area contributed by atoms with Crippen molar-refractivity contribution >= 4 is 0 Å². The molecule has 1 aromatic heterocycles. The number of hydrogen-bond donors (Lipinski definition) is 1. The van der Waals surface area contributed by atoms with Crippen LogP contribution in [0.4, 0.5) is 0 Å². The summed E-state index contributed by atoms with van der Waals surface area (Å²) >= 11 is 0. The quantitative estimate of drug-likeness (QED) is 0.731. The molecule has 1 saturated carbocycles. The van der Waals surface area contributed by atoms with Crippen molar-refractivity contribution in [2.24, 2.45) is 0 Å². The number of H-pyrrole nitrogens is 1. The third kappa shape index (κ3) is 1.37. The molecule has 1 aliphatic rings. The molecule has 0 atom stereocenters. The minimum atomic E-state index is -0.0940. The lowest BCUT2D eigenvalue weighted by atomic mass is 9.83. The van der Waals surface area contributed by atoms with Crippen LogP contribution in [0.25, 0.3) is 0 Å². The molecule has 0 spiro atoms. The Morgan fingerprint density at radius 2 is 2.46 bits per heavy atom. The summed E-state index contributed by atoms with van der Waals surface area (Å²) in [5, 5.41) is 11.4. The monoisotopic (exact) mass is 177 g/mol. The zero-order valence-corrected chi connectivity index (χ0v) is 7.29. The van der Waals surface area contributed by atoms with E-state index in [4.69, 9.17) is 5.26 Å². The number of nitrogens with zero attached hydrogens (tertiary/aromatic N) is 2. The van der Waals surface area contributed by atoms with Crippen LogP contribution in [0.2, 0.25) is 0 Å². The maximum absolute atomic E-state index is 11.3. The van der Waals surface area contributed by atoms with Crippen LogP contribution in [0, 0.1) is 11.3 Å². The van der Waals surface area contributed by atoms with Gasteiger partial charge in [0, 0.05) is 17.7 Å². The van der Waals surface area contributed by atoms with Crippen LogP contribution in [0.3, 0.4) is 0 Å². The van der Waals surface area contributed by atoms with E-state index >= 15 is 0 Å². The van der Waals surface area contributed by atoms with Gasteiger partial charge in [0.25, 0.3) is 5.56 Å². The molecule has 2 rings (SSSR count). The summed E-state index contributed by atoms with van der Waals surface area (Å²) in [5.74, 6) is 0.521. The highest BCUT2D eigenvalue weighted by molar-refractivity contribution is 5.09. The van der Waals surface area contributed by atoms with Gasteiger partial charge in [-0.1, -0.05) is 6.42 Å². The highest BCUT2D eigenvalue weighted by atomic mass is 16.1. The van der Waals surface area contributed by atoms with Crippen molar-refractivity contribution in [3.63, 3.8) is 0 Å². The van der Waals surface area contributed by atoms with Crippen LogP contribution in [-0.2, 0) is 6.54 Å². The second-order valence-corrected chi connectivity index (χ2v) is 3.42. The summed E-state index contributed by atoms with van der Waals surface area (Å²) in [7, 11) is 0. The fourth-order valence-electron chi connectivity index (χ4n) is 1.57. The van der Waals surface area contributed by atoms with Gasteiger partial charge in [-0.3, -0.25) is 9.89 Å². The first-order valence-corrected chi connectivity index (χ1v) is 4.48. The normalized spacial score (nSPS) is 16.5.